The van der Waals surface area contributed by atoms with Crippen LogP contribution in [0.4, 0.5) is 4.79 Å². The molecule has 1 fully saturated rings. The number of nitrogens with one attached hydrogen (secondary N) is 1. The third-order valence-electron chi connectivity index (χ3n) is 7.68. The second-order valence-corrected chi connectivity index (χ2v) is 10.5. The van der Waals surface area contributed by atoms with Gasteiger partial charge in [0, 0.05) is 37.7 Å². The molecule has 1 N–H and O–H groups in total. The second-order valence-electron chi connectivity index (χ2n) is 10.5. The van der Waals surface area contributed by atoms with Crippen LogP contribution in [0, 0.1) is 0 Å². The van der Waals surface area contributed by atoms with Gasteiger partial charge in [-0.05, 0) is 43.9 Å². The van der Waals surface area contributed by atoms with Crippen molar-refractivity contribution in [2.45, 2.75) is 76.4 Å². The fourth-order valence-corrected chi connectivity index (χ4v) is 5.55. The Morgan fingerprint density at radius 3 is 2.18 bits per heavy atom. The summed E-state index contributed by atoms with van der Waals surface area (Å²) in [5, 5.41) is 4.76. The third-order valence-corrected chi connectivity index (χ3v) is 7.68. The highest BCUT2D eigenvalue weighted by atomic mass is 16.7. The largest absolute Gasteiger partial charge is 0.436 e. The van der Waals surface area contributed by atoms with Gasteiger partial charge >= 0.3 is 6.09 Å². The Balaban J connectivity index is 1.17. The lowest BCUT2D eigenvalue weighted by Gasteiger charge is -2.33. The molecule has 0 spiro atoms. The van der Waals surface area contributed by atoms with E-state index in [2.05, 4.69) is 17.4 Å². The summed E-state index contributed by atoms with van der Waals surface area (Å²) in [6.07, 6.45) is 9.11. The standard InChI is InChI=1S/C31H43N3O4/c1-32-21-23-37-34(24-14-6-5-7-15-24)29(35)20-8-3-4-13-22-33(2)31(36)38-30-27-18-11-9-16-25(27)26-17-10-12-19-28(26)30/h9-12,16-19,24,30,32H,3-8,13-15,20-23H2,1-2H3. The van der Waals surface area contributed by atoms with E-state index in [0.717, 1.165) is 67.3 Å². The molecule has 1 saturated carbocycles. The Morgan fingerprint density at radius 1 is 0.895 bits per heavy atom. The fourth-order valence-electron chi connectivity index (χ4n) is 5.55. The van der Waals surface area contributed by atoms with Crippen LogP contribution in [0.15, 0.2) is 48.5 Å². The second kappa shape index (κ2) is 14.3. The van der Waals surface area contributed by atoms with Gasteiger partial charge in [-0.15, -0.1) is 0 Å². The number of unbranched alkanes of at least 4 members (excludes halogenated alkanes) is 3. The van der Waals surface area contributed by atoms with Gasteiger partial charge in [0.2, 0.25) is 5.91 Å². The molecule has 0 aliphatic heterocycles. The number of hydrogen-bond donors (Lipinski definition) is 1. The van der Waals surface area contributed by atoms with E-state index in [4.69, 9.17) is 9.57 Å². The molecule has 0 atom stereocenters. The zero-order valence-electron chi connectivity index (χ0n) is 23.0. The molecule has 4 rings (SSSR count). The van der Waals surface area contributed by atoms with E-state index in [1.165, 1.54) is 19.3 Å². The van der Waals surface area contributed by atoms with Crippen LogP contribution in [0.2, 0.25) is 0 Å². The maximum absolute atomic E-state index is 12.9. The van der Waals surface area contributed by atoms with Gasteiger partial charge in [-0.25, -0.2) is 9.86 Å². The lowest BCUT2D eigenvalue weighted by atomic mass is 9.95. The number of hydroxylamine groups is 2. The normalized spacial score (nSPS) is 15.1. The number of carbonyl (C=O) groups is 2. The van der Waals surface area contributed by atoms with Crippen LogP contribution in [-0.4, -0.2) is 61.8 Å². The van der Waals surface area contributed by atoms with Crippen LogP contribution in [-0.2, 0) is 14.4 Å². The van der Waals surface area contributed by atoms with Crippen molar-refractivity contribution >= 4 is 12.0 Å². The number of fused-ring (bicyclic) bond motifs is 3. The molecular formula is C31H43N3O4. The van der Waals surface area contributed by atoms with Gasteiger partial charge in [-0.1, -0.05) is 80.6 Å². The van der Waals surface area contributed by atoms with E-state index in [9.17, 15) is 9.59 Å². The summed E-state index contributed by atoms with van der Waals surface area (Å²) in [7, 11) is 3.68. The fraction of sp³-hybridized carbons (Fsp3) is 0.548. The van der Waals surface area contributed by atoms with E-state index in [1.807, 2.05) is 43.4 Å². The molecule has 2 aliphatic rings. The van der Waals surface area contributed by atoms with Crippen molar-refractivity contribution in [1.29, 1.82) is 0 Å². The Morgan fingerprint density at radius 2 is 1.53 bits per heavy atom. The number of amides is 2. The number of carbonyl (C=O) groups excluding carboxylic acids is 2. The number of rotatable bonds is 13. The molecule has 0 aromatic heterocycles. The molecule has 2 amide bonds. The van der Waals surface area contributed by atoms with Crippen LogP contribution in [0.5, 0.6) is 0 Å². The summed E-state index contributed by atoms with van der Waals surface area (Å²) in [4.78, 5) is 33.4. The van der Waals surface area contributed by atoms with Crippen molar-refractivity contribution in [3.05, 3.63) is 59.7 Å². The summed E-state index contributed by atoms with van der Waals surface area (Å²) < 4.78 is 5.98. The van der Waals surface area contributed by atoms with Crippen molar-refractivity contribution in [1.82, 2.24) is 15.3 Å². The first kappa shape index (κ1) is 28.1. The van der Waals surface area contributed by atoms with Crippen molar-refractivity contribution in [3.63, 3.8) is 0 Å². The van der Waals surface area contributed by atoms with Gasteiger partial charge in [0.05, 0.1) is 12.6 Å². The lowest BCUT2D eigenvalue weighted by Crippen LogP contribution is -2.42. The first-order valence-corrected chi connectivity index (χ1v) is 14.3. The molecule has 0 unspecified atom stereocenters. The van der Waals surface area contributed by atoms with E-state index < -0.39 is 0 Å². The molecule has 7 nitrogen and oxygen atoms in total. The first-order valence-electron chi connectivity index (χ1n) is 14.3. The first-order chi connectivity index (χ1) is 18.6. The molecule has 2 aromatic rings. The minimum atomic E-state index is -0.370. The molecule has 38 heavy (non-hydrogen) atoms. The van der Waals surface area contributed by atoms with Gasteiger partial charge in [-0.2, -0.15) is 0 Å². The summed E-state index contributed by atoms with van der Waals surface area (Å²) >= 11 is 0. The SMILES string of the molecule is CNCCON(C(=O)CCCCCCN(C)C(=O)OC1c2ccccc2-c2ccccc21)C1CCCCC1. The van der Waals surface area contributed by atoms with Crippen molar-refractivity contribution in [2.24, 2.45) is 0 Å². The van der Waals surface area contributed by atoms with Crippen LogP contribution in [0.25, 0.3) is 11.1 Å². The lowest BCUT2D eigenvalue weighted by molar-refractivity contribution is -0.203. The highest BCUT2D eigenvalue weighted by Gasteiger charge is 2.32. The van der Waals surface area contributed by atoms with Crippen molar-refractivity contribution < 1.29 is 19.2 Å². The zero-order chi connectivity index (χ0) is 26.7. The minimum absolute atomic E-state index is 0.103. The number of benzene rings is 2. The number of ether oxygens (including phenoxy) is 1. The molecule has 2 aromatic carbocycles. The minimum Gasteiger partial charge on any atom is -0.436 e. The summed E-state index contributed by atoms with van der Waals surface area (Å²) in [5.74, 6) is 0.103. The third kappa shape index (κ3) is 7.14. The van der Waals surface area contributed by atoms with Gasteiger partial charge in [0.1, 0.15) is 0 Å². The summed E-state index contributed by atoms with van der Waals surface area (Å²) in [6.45, 7) is 1.87. The zero-order valence-corrected chi connectivity index (χ0v) is 23.0. The molecule has 206 valence electrons. The highest BCUT2D eigenvalue weighted by molar-refractivity contribution is 5.79. The molecule has 2 aliphatic carbocycles. The Labute approximate surface area is 227 Å². The van der Waals surface area contributed by atoms with Crippen molar-refractivity contribution in [3.8, 4) is 11.1 Å². The van der Waals surface area contributed by atoms with E-state index in [-0.39, 0.29) is 24.1 Å². The van der Waals surface area contributed by atoms with Gasteiger partial charge in [0.25, 0.3) is 0 Å². The molecule has 0 bridgehead atoms. The molecule has 0 radical (unpaired) electrons. The van der Waals surface area contributed by atoms with E-state index in [1.54, 1.807) is 17.0 Å². The average molecular weight is 522 g/mol. The van der Waals surface area contributed by atoms with Crippen LogP contribution in [0.3, 0.4) is 0 Å². The van der Waals surface area contributed by atoms with E-state index >= 15 is 0 Å². The quantitative estimate of drug-likeness (QED) is 0.255. The summed E-state index contributed by atoms with van der Waals surface area (Å²) in [6, 6.07) is 16.5. The van der Waals surface area contributed by atoms with E-state index in [0.29, 0.717) is 19.6 Å². The van der Waals surface area contributed by atoms with Gasteiger partial charge < -0.3 is 15.0 Å². The van der Waals surface area contributed by atoms with Gasteiger partial charge in [-0.3, -0.25) is 9.63 Å². The predicted octanol–water partition coefficient (Wildman–Crippen LogP) is 6.09. The Kier molecular flexibility index (Phi) is 10.6. The van der Waals surface area contributed by atoms with Crippen LogP contribution >= 0.6 is 0 Å². The molecular weight excluding hydrogens is 478 g/mol. The number of nitrogens with zero attached hydrogens (tertiary/aromatic N) is 2. The molecule has 0 heterocycles. The predicted molar refractivity (Wildman–Crippen MR) is 150 cm³/mol. The smallest absolute Gasteiger partial charge is 0.410 e. The maximum atomic E-state index is 12.9. The topological polar surface area (TPSA) is 71.1 Å². The Hall–Kier alpha value is -2.90. The number of hydrogen-bond acceptors (Lipinski definition) is 5. The Bertz CT molecular complexity index is 1010. The summed E-state index contributed by atoms with van der Waals surface area (Å²) in [5.41, 5.74) is 4.34. The van der Waals surface area contributed by atoms with Gasteiger partial charge in [0.15, 0.2) is 6.10 Å². The van der Waals surface area contributed by atoms with Crippen LogP contribution in [0.1, 0.15) is 81.4 Å². The van der Waals surface area contributed by atoms with Crippen molar-refractivity contribution in [2.75, 3.05) is 33.8 Å². The maximum Gasteiger partial charge on any atom is 0.410 e. The highest BCUT2D eigenvalue weighted by Crippen LogP contribution is 2.45. The number of likely N-dealkylation sites (N-methyl/N-ethyl adjacent to an activating group) is 1. The monoisotopic (exact) mass is 521 g/mol. The average Bonchev–Trinajstić information content (AvgIpc) is 3.26. The molecule has 7 heteroatoms. The van der Waals surface area contributed by atoms with Crippen LogP contribution < -0.4 is 5.32 Å². The molecule has 0 saturated heterocycles.